The van der Waals surface area contributed by atoms with Crippen LogP contribution >= 0.6 is 0 Å². The van der Waals surface area contributed by atoms with E-state index >= 15 is 0 Å². The van der Waals surface area contributed by atoms with Gasteiger partial charge in [0.05, 0.1) is 31.2 Å². The lowest BCUT2D eigenvalue weighted by molar-refractivity contribution is -0.0507. The molecule has 4 heterocycles. The number of anilines is 3. The predicted molar refractivity (Wildman–Crippen MR) is 155 cm³/mol. The summed E-state index contributed by atoms with van der Waals surface area (Å²) in [6, 6.07) is 8.50. The Hall–Kier alpha value is -4.91. The van der Waals surface area contributed by atoms with Gasteiger partial charge in [0.1, 0.15) is 22.6 Å². The molecule has 0 aliphatic carbocycles. The monoisotopic (exact) mass is 559 g/mol. The average Bonchev–Trinajstić information content (AvgIpc) is 3.48. The number of pyridine rings is 1. The average molecular weight is 560 g/mol. The largest absolute Gasteiger partial charge is 0.491 e. The normalized spacial score (nSPS) is 13.4. The Bertz CT molecular complexity index is 1600. The van der Waals surface area contributed by atoms with Gasteiger partial charge in [-0.05, 0) is 44.2 Å². The van der Waals surface area contributed by atoms with Gasteiger partial charge >= 0.3 is 0 Å². The van der Waals surface area contributed by atoms with Crippen molar-refractivity contribution in [1.29, 1.82) is 0 Å². The fourth-order valence-corrected chi connectivity index (χ4v) is 4.46. The second-order valence-electron chi connectivity index (χ2n) is 9.70. The number of fused-ring (bicyclic) bond motifs is 1. The van der Waals surface area contributed by atoms with Crippen LogP contribution in [0.15, 0.2) is 48.7 Å². The van der Waals surface area contributed by atoms with Gasteiger partial charge in [-0.15, -0.1) is 0 Å². The zero-order chi connectivity index (χ0) is 28.9. The second kappa shape index (κ2) is 12.1. The van der Waals surface area contributed by atoms with Crippen LogP contribution in [0.5, 0.6) is 5.75 Å². The third kappa shape index (κ3) is 6.14. The molecule has 1 aromatic carbocycles. The number of aromatic nitrogens is 5. The van der Waals surface area contributed by atoms with Crippen molar-refractivity contribution in [3.8, 4) is 5.75 Å². The molecule has 4 aromatic rings. The molecule has 0 bridgehead atoms. The number of allylic oxidation sites excluding steroid dienone is 1. The van der Waals surface area contributed by atoms with Crippen LogP contribution in [0.2, 0.25) is 0 Å². The molecule has 6 N–H and O–H groups in total. The molecule has 0 atom stereocenters. The van der Waals surface area contributed by atoms with Gasteiger partial charge in [-0.2, -0.15) is 5.10 Å². The van der Waals surface area contributed by atoms with Crippen molar-refractivity contribution >= 4 is 40.3 Å². The van der Waals surface area contributed by atoms with Crippen LogP contribution in [0, 0.1) is 12.8 Å². The van der Waals surface area contributed by atoms with Crippen LogP contribution in [-0.2, 0) is 17.8 Å². The molecule has 0 spiro atoms. The van der Waals surface area contributed by atoms with E-state index in [0.29, 0.717) is 85.3 Å². The minimum Gasteiger partial charge on any atom is -0.491 e. The number of rotatable bonds is 12. The number of carbonyl (C=O) groups is 2. The van der Waals surface area contributed by atoms with Gasteiger partial charge < -0.3 is 26.3 Å². The Kier molecular flexibility index (Phi) is 8.15. The highest BCUT2D eigenvalue weighted by Gasteiger charge is 2.21. The van der Waals surface area contributed by atoms with Gasteiger partial charge in [-0.25, -0.2) is 9.97 Å². The number of nitrogens with zero attached hydrogens (tertiary/aromatic N) is 5. The number of hydrogen-bond acceptors (Lipinski definition) is 9. The Morgan fingerprint density at radius 3 is 2.80 bits per heavy atom. The first-order valence-electron chi connectivity index (χ1n) is 13.3. The number of nitrogens with one attached hydrogen (secondary N) is 2. The van der Waals surface area contributed by atoms with Gasteiger partial charge in [-0.3, -0.25) is 24.2 Å². The van der Waals surface area contributed by atoms with E-state index in [0.717, 1.165) is 5.69 Å². The summed E-state index contributed by atoms with van der Waals surface area (Å²) in [5, 5.41) is 10.5. The fraction of sp³-hybridized carbons (Fsp3) is 0.321. The lowest BCUT2D eigenvalue weighted by Gasteiger charge is -2.26. The number of nitrogen functional groups attached to an aromatic ring is 1. The fourth-order valence-electron chi connectivity index (χ4n) is 4.46. The number of primary amides is 1. The second-order valence-corrected chi connectivity index (χ2v) is 9.70. The third-order valence-electron chi connectivity index (χ3n) is 6.61. The van der Waals surface area contributed by atoms with Gasteiger partial charge in [0.25, 0.3) is 5.91 Å². The van der Waals surface area contributed by atoms with E-state index in [4.69, 9.17) is 20.9 Å². The van der Waals surface area contributed by atoms with Crippen molar-refractivity contribution in [2.75, 3.05) is 42.7 Å². The highest BCUT2D eigenvalue weighted by molar-refractivity contribution is 6.03. The van der Waals surface area contributed by atoms with Crippen LogP contribution in [0.3, 0.4) is 0 Å². The maximum absolute atomic E-state index is 13.1. The number of amides is 2. The van der Waals surface area contributed by atoms with Crippen LogP contribution in [0.25, 0.3) is 11.2 Å². The first kappa shape index (κ1) is 27.6. The van der Waals surface area contributed by atoms with Gasteiger partial charge in [-0.1, -0.05) is 12.2 Å². The van der Waals surface area contributed by atoms with E-state index < -0.39 is 5.91 Å². The highest BCUT2D eigenvalue weighted by Crippen LogP contribution is 2.33. The number of hydrogen-bond donors (Lipinski definition) is 4. The molecule has 41 heavy (non-hydrogen) atoms. The third-order valence-corrected chi connectivity index (χ3v) is 6.61. The quantitative estimate of drug-likeness (QED) is 0.150. The van der Waals surface area contributed by atoms with E-state index in [-0.39, 0.29) is 11.5 Å². The van der Waals surface area contributed by atoms with Crippen molar-refractivity contribution in [3.05, 3.63) is 65.6 Å². The van der Waals surface area contributed by atoms with Crippen LogP contribution in [0.4, 0.5) is 17.3 Å². The molecule has 0 radical (unpaired) electrons. The maximum atomic E-state index is 13.1. The molecule has 0 saturated carbocycles. The zero-order valence-corrected chi connectivity index (χ0v) is 23.0. The Morgan fingerprint density at radius 1 is 1.24 bits per heavy atom. The van der Waals surface area contributed by atoms with Gasteiger partial charge in [0, 0.05) is 37.3 Å². The van der Waals surface area contributed by atoms with Crippen molar-refractivity contribution in [1.82, 2.24) is 24.3 Å². The number of imidazole rings is 1. The van der Waals surface area contributed by atoms with E-state index in [9.17, 15) is 9.59 Å². The smallest absolute Gasteiger partial charge is 0.276 e. The molecule has 1 saturated heterocycles. The zero-order valence-electron chi connectivity index (χ0n) is 23.0. The number of benzene rings is 1. The van der Waals surface area contributed by atoms with Crippen molar-refractivity contribution < 1.29 is 19.1 Å². The Morgan fingerprint density at radius 2 is 2.07 bits per heavy atom. The van der Waals surface area contributed by atoms with E-state index in [1.165, 1.54) is 6.07 Å². The minimum absolute atomic E-state index is 0.273. The predicted octanol–water partition coefficient (Wildman–Crippen LogP) is 2.58. The number of carbonyl (C=O) groups excluding carboxylic acids is 2. The van der Waals surface area contributed by atoms with Crippen molar-refractivity contribution in [3.63, 3.8) is 0 Å². The van der Waals surface area contributed by atoms with E-state index in [2.05, 4.69) is 25.7 Å². The maximum Gasteiger partial charge on any atom is 0.276 e. The Labute approximate surface area is 236 Å². The minimum atomic E-state index is -0.585. The van der Waals surface area contributed by atoms with E-state index in [1.54, 1.807) is 29.1 Å². The number of ether oxygens (including phenoxy) is 2. The molecular weight excluding hydrogens is 526 g/mol. The van der Waals surface area contributed by atoms with Crippen LogP contribution in [-0.4, -0.2) is 62.5 Å². The molecule has 13 heteroatoms. The summed E-state index contributed by atoms with van der Waals surface area (Å²) in [5.74, 6) is 0.241. The summed E-state index contributed by atoms with van der Waals surface area (Å²) in [4.78, 5) is 33.9. The highest BCUT2D eigenvalue weighted by atomic mass is 16.5. The summed E-state index contributed by atoms with van der Waals surface area (Å²) in [5.41, 5.74) is 15.4. The molecule has 2 amide bonds. The van der Waals surface area contributed by atoms with Crippen LogP contribution < -0.4 is 26.8 Å². The molecule has 1 aliphatic heterocycles. The summed E-state index contributed by atoms with van der Waals surface area (Å²) in [7, 11) is 0. The summed E-state index contributed by atoms with van der Waals surface area (Å²) in [6.07, 6.45) is 5.53. The molecule has 1 fully saturated rings. The lowest BCUT2D eigenvalue weighted by Crippen LogP contribution is -2.32. The van der Waals surface area contributed by atoms with E-state index in [1.807, 2.05) is 36.6 Å². The van der Waals surface area contributed by atoms with Crippen molar-refractivity contribution in [2.24, 2.45) is 11.7 Å². The molecule has 3 aromatic heterocycles. The standard InChI is InChI=1S/C28H33N9O4/c1-3-37-22(11-17(2)35-37)27(39)34-28-33-21-7-6-9-32-26(21)36(28)10-5-4-8-31-24-20(29)12-19(25(30)38)13-23(24)41-16-18-14-40-15-18/h4-7,9,11-13,18,31H,3,8,10,14-16,29H2,1-2H3,(H2,30,38)(H,33,34,39)/b5-4+. The summed E-state index contributed by atoms with van der Waals surface area (Å²) >= 11 is 0. The SMILES string of the molecule is CCn1nc(C)cc1C(=O)Nc1nc2cccnc2n1C/C=C/CNc1c(N)cc(C(N)=O)cc1OCC1COC1. The molecule has 5 rings (SSSR count). The number of nitrogens with two attached hydrogens (primary N) is 2. The van der Waals surface area contributed by atoms with Crippen molar-refractivity contribution in [2.45, 2.75) is 26.9 Å². The lowest BCUT2D eigenvalue weighted by atomic mass is 10.1. The van der Waals surface area contributed by atoms with Crippen LogP contribution in [0.1, 0.15) is 33.5 Å². The topological polar surface area (TPSA) is 177 Å². The Balaban J connectivity index is 1.30. The summed E-state index contributed by atoms with van der Waals surface area (Å²) in [6.45, 7) is 6.88. The summed E-state index contributed by atoms with van der Waals surface area (Å²) < 4.78 is 14.7. The molecular formula is C28H33N9O4. The first-order valence-corrected chi connectivity index (χ1v) is 13.3. The van der Waals surface area contributed by atoms with Gasteiger partial charge in [0.2, 0.25) is 11.9 Å². The van der Waals surface area contributed by atoms with Gasteiger partial charge in [0.15, 0.2) is 5.65 Å². The molecule has 1 aliphatic rings. The first-order chi connectivity index (χ1) is 19.8. The molecule has 0 unspecified atom stereocenters. The molecule has 214 valence electrons. The molecule has 13 nitrogen and oxygen atoms in total. The number of aryl methyl sites for hydroxylation is 2.